The molecule has 0 bridgehead atoms. The quantitative estimate of drug-likeness (QED) is 0.798. The average molecular weight is 349 g/mol. The SMILES string of the molecule is CCN1CCN(CC(=O)N2CCOC[C@H]2c2cc(=O)[nH]c(C)n2)CC1. The fraction of sp³-hybridized carbons (Fsp3) is 0.706. The Morgan fingerprint density at radius 3 is 2.68 bits per heavy atom. The largest absolute Gasteiger partial charge is 0.377 e. The summed E-state index contributed by atoms with van der Waals surface area (Å²) in [5, 5.41) is 0. The van der Waals surface area contributed by atoms with Crippen LogP contribution in [0.2, 0.25) is 0 Å². The first-order valence-electron chi connectivity index (χ1n) is 8.96. The molecule has 0 aromatic carbocycles. The first-order chi connectivity index (χ1) is 12.1. The Labute approximate surface area is 147 Å². The molecule has 0 unspecified atom stereocenters. The highest BCUT2D eigenvalue weighted by Gasteiger charge is 2.31. The highest BCUT2D eigenvalue weighted by molar-refractivity contribution is 5.79. The number of nitrogens with zero attached hydrogens (tertiary/aromatic N) is 4. The van der Waals surface area contributed by atoms with Crippen LogP contribution in [-0.2, 0) is 9.53 Å². The number of amides is 1. The Bertz CT molecular complexity index is 654. The van der Waals surface area contributed by atoms with Crippen molar-refractivity contribution in [2.24, 2.45) is 0 Å². The highest BCUT2D eigenvalue weighted by atomic mass is 16.5. The number of morpholine rings is 1. The second-order valence-electron chi connectivity index (χ2n) is 6.64. The van der Waals surface area contributed by atoms with Crippen LogP contribution in [0.1, 0.15) is 24.5 Å². The minimum atomic E-state index is -0.292. The van der Waals surface area contributed by atoms with E-state index in [4.69, 9.17) is 4.74 Å². The van der Waals surface area contributed by atoms with Crippen molar-refractivity contribution in [2.45, 2.75) is 19.9 Å². The highest BCUT2D eigenvalue weighted by Crippen LogP contribution is 2.22. The van der Waals surface area contributed by atoms with Gasteiger partial charge in [0.05, 0.1) is 31.5 Å². The summed E-state index contributed by atoms with van der Waals surface area (Å²) in [7, 11) is 0. The molecule has 1 atom stereocenters. The monoisotopic (exact) mass is 349 g/mol. The standard InChI is InChI=1S/C17H27N5O3/c1-3-20-4-6-21(7-5-20)11-17(24)22-8-9-25-12-15(22)14-10-16(23)19-13(2)18-14/h10,15H,3-9,11-12H2,1-2H3,(H,18,19,23)/t15-/m0/s1. The molecule has 0 saturated carbocycles. The molecular formula is C17H27N5O3. The lowest BCUT2D eigenvalue weighted by Crippen LogP contribution is -2.52. The van der Waals surface area contributed by atoms with Crippen molar-refractivity contribution >= 4 is 5.91 Å². The summed E-state index contributed by atoms with van der Waals surface area (Å²) in [6, 6.07) is 1.17. The molecule has 3 rings (SSSR count). The molecule has 8 nitrogen and oxygen atoms in total. The number of rotatable bonds is 4. The number of piperazine rings is 1. The van der Waals surface area contributed by atoms with Crippen LogP contribution in [0.25, 0.3) is 0 Å². The number of nitrogens with one attached hydrogen (secondary N) is 1. The van der Waals surface area contributed by atoms with Crippen LogP contribution in [0.4, 0.5) is 0 Å². The summed E-state index contributed by atoms with van der Waals surface area (Å²) in [5.41, 5.74) is 0.404. The summed E-state index contributed by atoms with van der Waals surface area (Å²) in [6.07, 6.45) is 0. The minimum absolute atomic E-state index is 0.0815. The molecule has 8 heteroatoms. The van der Waals surface area contributed by atoms with E-state index in [2.05, 4.69) is 26.7 Å². The maximum Gasteiger partial charge on any atom is 0.251 e. The third-order valence-corrected chi connectivity index (χ3v) is 4.94. The first-order valence-corrected chi connectivity index (χ1v) is 8.96. The van der Waals surface area contributed by atoms with Crippen LogP contribution in [0.15, 0.2) is 10.9 Å². The first kappa shape index (κ1) is 18.0. The molecule has 2 fully saturated rings. The van der Waals surface area contributed by atoms with Crippen molar-refractivity contribution < 1.29 is 9.53 Å². The van der Waals surface area contributed by atoms with Gasteiger partial charge in [-0.05, 0) is 13.5 Å². The van der Waals surface area contributed by atoms with E-state index < -0.39 is 0 Å². The van der Waals surface area contributed by atoms with Crippen molar-refractivity contribution in [1.29, 1.82) is 0 Å². The van der Waals surface area contributed by atoms with Crippen LogP contribution >= 0.6 is 0 Å². The summed E-state index contributed by atoms with van der Waals surface area (Å²) in [6.45, 7) is 10.6. The van der Waals surface area contributed by atoms with E-state index in [1.54, 1.807) is 6.92 Å². The Balaban J connectivity index is 1.68. The molecular weight excluding hydrogens is 322 g/mol. The lowest BCUT2D eigenvalue weighted by molar-refractivity contribution is -0.142. The van der Waals surface area contributed by atoms with Crippen LogP contribution in [-0.4, -0.2) is 89.6 Å². The number of carbonyl (C=O) groups is 1. The Morgan fingerprint density at radius 2 is 2.00 bits per heavy atom. The molecule has 2 saturated heterocycles. The van der Waals surface area contributed by atoms with E-state index in [-0.39, 0.29) is 17.5 Å². The zero-order valence-electron chi connectivity index (χ0n) is 15.0. The molecule has 2 aliphatic heterocycles. The summed E-state index contributed by atoms with van der Waals surface area (Å²) in [4.78, 5) is 38.1. The van der Waals surface area contributed by atoms with Gasteiger partial charge in [-0.25, -0.2) is 4.98 Å². The van der Waals surface area contributed by atoms with Gasteiger partial charge in [0.15, 0.2) is 0 Å². The number of likely N-dealkylation sites (N-methyl/N-ethyl adjacent to an activating group) is 1. The second-order valence-corrected chi connectivity index (χ2v) is 6.64. The summed E-state index contributed by atoms with van der Waals surface area (Å²) >= 11 is 0. The van der Waals surface area contributed by atoms with Crippen LogP contribution in [0.3, 0.4) is 0 Å². The number of aromatic nitrogens is 2. The molecule has 138 valence electrons. The van der Waals surface area contributed by atoms with Gasteiger partial charge in [0.25, 0.3) is 5.56 Å². The lowest BCUT2D eigenvalue weighted by Gasteiger charge is -2.38. The zero-order chi connectivity index (χ0) is 17.8. The molecule has 1 aromatic rings. The maximum atomic E-state index is 12.9. The van der Waals surface area contributed by atoms with E-state index in [1.807, 2.05) is 4.90 Å². The number of ether oxygens (including phenoxy) is 1. The Hall–Kier alpha value is -1.77. The minimum Gasteiger partial charge on any atom is -0.377 e. The maximum absolute atomic E-state index is 12.9. The third kappa shape index (κ3) is 4.45. The Morgan fingerprint density at radius 1 is 1.28 bits per heavy atom. The second kappa shape index (κ2) is 8.07. The van der Waals surface area contributed by atoms with E-state index in [1.165, 1.54) is 6.07 Å². The van der Waals surface area contributed by atoms with E-state index >= 15 is 0 Å². The smallest absolute Gasteiger partial charge is 0.251 e. The average Bonchev–Trinajstić information content (AvgIpc) is 2.61. The fourth-order valence-electron chi connectivity index (χ4n) is 3.47. The van der Waals surface area contributed by atoms with E-state index in [9.17, 15) is 9.59 Å². The van der Waals surface area contributed by atoms with Gasteiger partial charge in [-0.3, -0.25) is 14.5 Å². The zero-order valence-corrected chi connectivity index (χ0v) is 15.0. The van der Waals surface area contributed by atoms with Gasteiger partial charge in [0.1, 0.15) is 5.82 Å². The third-order valence-electron chi connectivity index (χ3n) is 4.94. The van der Waals surface area contributed by atoms with Crippen molar-refractivity contribution in [2.75, 3.05) is 59.0 Å². The predicted octanol–water partition coefficient (Wildman–Crippen LogP) is -0.384. The molecule has 1 amide bonds. The lowest BCUT2D eigenvalue weighted by atomic mass is 10.1. The number of hydrogen-bond acceptors (Lipinski definition) is 6. The number of aryl methyl sites for hydroxylation is 1. The number of aromatic amines is 1. The van der Waals surface area contributed by atoms with Crippen molar-refractivity contribution in [3.05, 3.63) is 27.9 Å². The molecule has 0 aliphatic carbocycles. The van der Waals surface area contributed by atoms with Gasteiger partial charge < -0.3 is 19.5 Å². The van der Waals surface area contributed by atoms with Gasteiger partial charge in [0.2, 0.25) is 5.91 Å². The van der Waals surface area contributed by atoms with Crippen molar-refractivity contribution in [3.63, 3.8) is 0 Å². The molecule has 1 aromatic heterocycles. The number of H-pyrrole nitrogens is 1. The van der Waals surface area contributed by atoms with Gasteiger partial charge in [-0.1, -0.05) is 6.92 Å². The van der Waals surface area contributed by atoms with Gasteiger partial charge in [0, 0.05) is 38.8 Å². The number of hydrogen-bond donors (Lipinski definition) is 1. The van der Waals surface area contributed by atoms with Crippen molar-refractivity contribution in [1.82, 2.24) is 24.7 Å². The van der Waals surface area contributed by atoms with Crippen LogP contribution in [0.5, 0.6) is 0 Å². The normalized spacial score (nSPS) is 23.0. The van der Waals surface area contributed by atoms with Crippen molar-refractivity contribution in [3.8, 4) is 0 Å². The molecule has 2 aliphatic rings. The van der Waals surface area contributed by atoms with E-state index in [0.29, 0.717) is 37.8 Å². The number of carbonyl (C=O) groups excluding carboxylic acids is 1. The molecule has 3 heterocycles. The summed E-state index contributed by atoms with van der Waals surface area (Å²) in [5.74, 6) is 0.633. The molecule has 0 spiro atoms. The topological polar surface area (TPSA) is 81.8 Å². The molecule has 25 heavy (non-hydrogen) atoms. The van der Waals surface area contributed by atoms with Gasteiger partial charge in [-0.15, -0.1) is 0 Å². The Kier molecular flexibility index (Phi) is 5.82. The van der Waals surface area contributed by atoms with Gasteiger partial charge in [-0.2, -0.15) is 0 Å². The van der Waals surface area contributed by atoms with Crippen LogP contribution < -0.4 is 5.56 Å². The fourth-order valence-corrected chi connectivity index (χ4v) is 3.47. The molecule has 0 radical (unpaired) electrons. The van der Waals surface area contributed by atoms with Gasteiger partial charge >= 0.3 is 0 Å². The summed E-state index contributed by atoms with van der Waals surface area (Å²) < 4.78 is 5.55. The predicted molar refractivity (Wildman–Crippen MR) is 93.4 cm³/mol. The molecule has 1 N–H and O–H groups in total. The van der Waals surface area contributed by atoms with Crippen LogP contribution in [0, 0.1) is 6.92 Å². The van der Waals surface area contributed by atoms with E-state index in [0.717, 1.165) is 32.7 Å².